The smallest absolute Gasteiger partial charge is 0.126 e. The summed E-state index contributed by atoms with van der Waals surface area (Å²) in [7, 11) is 0. The first-order valence-corrected chi connectivity index (χ1v) is 9.28. The monoisotopic (exact) mass is 330 g/mol. The van der Waals surface area contributed by atoms with Gasteiger partial charge in [-0.1, -0.05) is 12.1 Å². The van der Waals surface area contributed by atoms with Crippen molar-refractivity contribution < 1.29 is 5.11 Å². The van der Waals surface area contributed by atoms with Gasteiger partial charge < -0.3 is 19.9 Å². The number of fused-ring (bicyclic) bond motifs is 1. The van der Waals surface area contributed by atoms with Crippen molar-refractivity contribution >= 4 is 11.0 Å². The summed E-state index contributed by atoms with van der Waals surface area (Å²) >= 11 is 0. The standard InChI is InChI=1S/C19H30N4O/c1-3-23-18-8-5-4-7-17(18)21-19(23)15(2)20-11-6-12-22-13-9-16(24)10-14-22/h4-5,7-8,15-16,20,24H,3,6,9-14H2,1-2H3. The number of rotatable bonds is 7. The van der Waals surface area contributed by atoms with E-state index in [1.807, 2.05) is 6.07 Å². The average Bonchev–Trinajstić information content (AvgIpc) is 2.99. The van der Waals surface area contributed by atoms with Gasteiger partial charge in [0.2, 0.25) is 0 Å². The fourth-order valence-electron chi connectivity index (χ4n) is 3.61. The van der Waals surface area contributed by atoms with E-state index in [1.54, 1.807) is 0 Å². The van der Waals surface area contributed by atoms with Gasteiger partial charge in [0, 0.05) is 19.6 Å². The van der Waals surface area contributed by atoms with Crippen LogP contribution in [0.25, 0.3) is 11.0 Å². The van der Waals surface area contributed by atoms with Crippen LogP contribution in [0.2, 0.25) is 0 Å². The number of aliphatic hydroxyl groups excluding tert-OH is 1. The summed E-state index contributed by atoms with van der Waals surface area (Å²) in [5.74, 6) is 1.12. The van der Waals surface area contributed by atoms with Crippen molar-refractivity contribution in [3.05, 3.63) is 30.1 Å². The lowest BCUT2D eigenvalue weighted by molar-refractivity contribution is 0.0820. The Balaban J connectivity index is 1.51. The van der Waals surface area contributed by atoms with Crippen LogP contribution in [0.3, 0.4) is 0 Å². The minimum atomic E-state index is -0.0820. The maximum Gasteiger partial charge on any atom is 0.126 e. The molecule has 2 N–H and O–H groups in total. The molecule has 1 aromatic carbocycles. The Morgan fingerprint density at radius 2 is 2.04 bits per heavy atom. The Morgan fingerprint density at radius 1 is 1.29 bits per heavy atom. The largest absolute Gasteiger partial charge is 0.393 e. The highest BCUT2D eigenvalue weighted by atomic mass is 16.3. The third-order valence-electron chi connectivity index (χ3n) is 5.05. The van der Waals surface area contributed by atoms with Crippen molar-refractivity contribution in [1.82, 2.24) is 19.8 Å². The minimum Gasteiger partial charge on any atom is -0.393 e. The number of aliphatic hydroxyl groups is 1. The van der Waals surface area contributed by atoms with Crippen LogP contribution in [0.4, 0.5) is 0 Å². The van der Waals surface area contributed by atoms with Crippen LogP contribution in [-0.4, -0.2) is 51.8 Å². The number of benzene rings is 1. The molecule has 1 aromatic heterocycles. The lowest BCUT2D eigenvalue weighted by Gasteiger charge is -2.29. The molecule has 0 radical (unpaired) electrons. The number of hydrogen-bond donors (Lipinski definition) is 2. The molecule has 1 aliphatic rings. The lowest BCUT2D eigenvalue weighted by Crippen LogP contribution is -2.37. The molecule has 0 bridgehead atoms. The molecule has 0 aliphatic carbocycles. The minimum absolute atomic E-state index is 0.0820. The van der Waals surface area contributed by atoms with Crippen molar-refractivity contribution in [1.29, 1.82) is 0 Å². The molecule has 1 aliphatic heterocycles. The van der Waals surface area contributed by atoms with Crippen LogP contribution in [0.1, 0.15) is 45.0 Å². The zero-order chi connectivity index (χ0) is 16.9. The second-order valence-corrected chi connectivity index (χ2v) is 6.81. The Bertz CT molecular complexity index is 646. The highest BCUT2D eigenvalue weighted by Gasteiger charge is 2.17. The lowest BCUT2D eigenvalue weighted by atomic mass is 10.1. The topological polar surface area (TPSA) is 53.3 Å². The highest BCUT2D eigenvalue weighted by molar-refractivity contribution is 5.76. The van der Waals surface area contributed by atoms with Crippen molar-refractivity contribution in [2.75, 3.05) is 26.2 Å². The van der Waals surface area contributed by atoms with Gasteiger partial charge in [0.15, 0.2) is 0 Å². The number of nitrogens with one attached hydrogen (secondary N) is 1. The quantitative estimate of drug-likeness (QED) is 0.766. The van der Waals surface area contributed by atoms with E-state index in [0.29, 0.717) is 0 Å². The third-order valence-corrected chi connectivity index (χ3v) is 5.05. The van der Waals surface area contributed by atoms with Crippen molar-refractivity contribution in [3.63, 3.8) is 0 Å². The van der Waals surface area contributed by atoms with E-state index < -0.39 is 0 Å². The summed E-state index contributed by atoms with van der Waals surface area (Å²) in [4.78, 5) is 7.28. The summed E-state index contributed by atoms with van der Waals surface area (Å²) in [5.41, 5.74) is 2.30. The van der Waals surface area contributed by atoms with E-state index in [2.05, 4.69) is 46.8 Å². The molecule has 1 atom stereocenters. The highest BCUT2D eigenvalue weighted by Crippen LogP contribution is 2.20. The number of aryl methyl sites for hydroxylation is 1. The predicted molar refractivity (Wildman–Crippen MR) is 98.1 cm³/mol. The van der Waals surface area contributed by atoms with Crippen LogP contribution in [-0.2, 0) is 6.54 Å². The van der Waals surface area contributed by atoms with Crippen molar-refractivity contribution in [2.24, 2.45) is 0 Å². The molecule has 0 amide bonds. The summed E-state index contributed by atoms with van der Waals surface area (Å²) in [6.07, 6.45) is 2.89. The van der Waals surface area contributed by atoms with Gasteiger partial charge in [-0.2, -0.15) is 0 Å². The van der Waals surface area contributed by atoms with E-state index in [0.717, 1.165) is 63.3 Å². The molecule has 1 saturated heterocycles. The normalized spacial score (nSPS) is 18.3. The van der Waals surface area contributed by atoms with Gasteiger partial charge in [0.1, 0.15) is 5.82 Å². The van der Waals surface area contributed by atoms with Gasteiger partial charge in [-0.05, 0) is 58.3 Å². The number of piperidine rings is 1. The van der Waals surface area contributed by atoms with Gasteiger partial charge >= 0.3 is 0 Å². The first kappa shape index (κ1) is 17.4. The van der Waals surface area contributed by atoms with E-state index in [9.17, 15) is 5.11 Å². The second-order valence-electron chi connectivity index (χ2n) is 6.81. The van der Waals surface area contributed by atoms with E-state index in [4.69, 9.17) is 4.98 Å². The molecule has 1 fully saturated rings. The summed E-state index contributed by atoms with van der Waals surface area (Å²) in [6.45, 7) is 9.48. The molecule has 0 saturated carbocycles. The van der Waals surface area contributed by atoms with Crippen LogP contribution in [0, 0.1) is 0 Å². The van der Waals surface area contributed by atoms with Gasteiger partial charge in [0.05, 0.1) is 23.2 Å². The predicted octanol–water partition coefficient (Wildman–Crippen LogP) is 2.55. The van der Waals surface area contributed by atoms with Gasteiger partial charge in [0.25, 0.3) is 0 Å². The zero-order valence-corrected chi connectivity index (χ0v) is 14.9. The van der Waals surface area contributed by atoms with Crippen LogP contribution < -0.4 is 5.32 Å². The number of imidazole rings is 1. The van der Waals surface area contributed by atoms with Gasteiger partial charge in [-0.3, -0.25) is 0 Å². The molecular weight excluding hydrogens is 300 g/mol. The number of para-hydroxylation sites is 2. The molecule has 5 nitrogen and oxygen atoms in total. The van der Waals surface area contributed by atoms with Crippen LogP contribution >= 0.6 is 0 Å². The van der Waals surface area contributed by atoms with Crippen molar-refractivity contribution in [3.8, 4) is 0 Å². The molecule has 5 heteroatoms. The number of hydrogen-bond acceptors (Lipinski definition) is 4. The molecule has 1 unspecified atom stereocenters. The maximum atomic E-state index is 9.56. The van der Waals surface area contributed by atoms with E-state index in [1.165, 1.54) is 5.52 Å². The summed E-state index contributed by atoms with van der Waals surface area (Å²) in [6, 6.07) is 8.61. The van der Waals surface area contributed by atoms with Gasteiger partial charge in [-0.15, -0.1) is 0 Å². The molecule has 3 rings (SSSR count). The molecular formula is C19H30N4O. The Labute approximate surface area is 144 Å². The maximum absolute atomic E-state index is 9.56. The first-order valence-electron chi connectivity index (χ1n) is 9.28. The summed E-state index contributed by atoms with van der Waals surface area (Å²) < 4.78 is 2.30. The van der Waals surface area contributed by atoms with E-state index >= 15 is 0 Å². The number of likely N-dealkylation sites (tertiary alicyclic amines) is 1. The Hall–Kier alpha value is -1.43. The first-order chi connectivity index (χ1) is 11.7. The van der Waals surface area contributed by atoms with E-state index in [-0.39, 0.29) is 12.1 Å². The van der Waals surface area contributed by atoms with Gasteiger partial charge in [-0.25, -0.2) is 4.98 Å². The van der Waals surface area contributed by atoms with Crippen LogP contribution in [0.5, 0.6) is 0 Å². The Kier molecular flexibility index (Phi) is 5.87. The molecule has 0 spiro atoms. The average molecular weight is 330 g/mol. The van der Waals surface area contributed by atoms with Crippen LogP contribution in [0.15, 0.2) is 24.3 Å². The fraction of sp³-hybridized carbons (Fsp3) is 0.632. The second kappa shape index (κ2) is 8.10. The molecule has 2 aromatic rings. The fourth-order valence-corrected chi connectivity index (χ4v) is 3.61. The Morgan fingerprint density at radius 3 is 2.79 bits per heavy atom. The molecule has 24 heavy (non-hydrogen) atoms. The van der Waals surface area contributed by atoms with Crippen molar-refractivity contribution in [2.45, 2.75) is 51.8 Å². The number of aromatic nitrogens is 2. The number of nitrogens with zero attached hydrogens (tertiary/aromatic N) is 3. The molecule has 132 valence electrons. The summed E-state index contributed by atoms with van der Waals surface area (Å²) in [5, 5.41) is 13.2. The third kappa shape index (κ3) is 3.97. The zero-order valence-electron chi connectivity index (χ0n) is 14.9. The molecule has 2 heterocycles. The SMILES string of the molecule is CCn1c(C(C)NCCCN2CCC(O)CC2)nc2ccccc21.